The van der Waals surface area contributed by atoms with E-state index >= 15 is 0 Å². The van der Waals surface area contributed by atoms with Crippen molar-refractivity contribution >= 4 is 12.1 Å². The fraction of sp³-hybridized carbons (Fsp3) is 0.450. The van der Waals surface area contributed by atoms with E-state index in [2.05, 4.69) is 25.8 Å². The van der Waals surface area contributed by atoms with Crippen LogP contribution in [-0.2, 0) is 24.4 Å². The Bertz CT molecular complexity index is 763. The molecule has 2 rings (SSSR count). The third-order valence-electron chi connectivity index (χ3n) is 3.84. The number of ether oxygens (including phenoxy) is 1. The summed E-state index contributed by atoms with van der Waals surface area (Å²) in [6.07, 6.45) is 1.39. The van der Waals surface area contributed by atoms with Gasteiger partial charge in [-0.1, -0.05) is 24.3 Å². The minimum atomic E-state index is -0.495. The number of rotatable bonds is 6. The van der Waals surface area contributed by atoms with E-state index in [0.717, 1.165) is 16.8 Å². The summed E-state index contributed by atoms with van der Waals surface area (Å²) in [4.78, 5) is 17.8. The lowest BCUT2D eigenvalue weighted by Gasteiger charge is -2.24. The lowest BCUT2D eigenvalue weighted by molar-refractivity contribution is 0.0285. The second-order valence-corrected chi connectivity index (χ2v) is 7.51. The largest absolute Gasteiger partial charge is 0.444 e. The first kappa shape index (κ1) is 21.3. The van der Waals surface area contributed by atoms with Gasteiger partial charge in [-0.2, -0.15) is 5.10 Å². The highest BCUT2D eigenvalue weighted by molar-refractivity contribution is 5.79. The van der Waals surface area contributed by atoms with Gasteiger partial charge in [-0.05, 0) is 38.0 Å². The number of nitrogens with one attached hydrogen (secondary N) is 3. The fourth-order valence-electron chi connectivity index (χ4n) is 2.41. The summed E-state index contributed by atoms with van der Waals surface area (Å²) in [5.41, 5.74) is 2.65. The summed E-state index contributed by atoms with van der Waals surface area (Å²) in [5.74, 6) is 0.711. The van der Waals surface area contributed by atoms with Gasteiger partial charge in [-0.25, -0.2) is 4.79 Å². The average molecular weight is 386 g/mol. The molecule has 0 saturated heterocycles. The van der Waals surface area contributed by atoms with Crippen LogP contribution in [0.25, 0.3) is 0 Å². The summed E-state index contributed by atoms with van der Waals surface area (Å²) in [7, 11) is 3.47. The minimum Gasteiger partial charge on any atom is -0.444 e. The smallest absolute Gasteiger partial charge is 0.410 e. The highest BCUT2D eigenvalue weighted by Crippen LogP contribution is 2.12. The van der Waals surface area contributed by atoms with Crippen molar-refractivity contribution < 1.29 is 9.53 Å². The van der Waals surface area contributed by atoms with Crippen LogP contribution in [0.2, 0.25) is 0 Å². The zero-order chi connectivity index (χ0) is 20.6. The number of hydrogen-bond donors (Lipinski definition) is 3. The number of benzene rings is 1. The molecular formula is C20H30N6O2. The monoisotopic (exact) mass is 386 g/mol. The molecule has 1 aromatic carbocycles. The third kappa shape index (κ3) is 7.30. The number of aliphatic imine (C=N–C) groups is 1. The summed E-state index contributed by atoms with van der Waals surface area (Å²) in [6.45, 7) is 7.34. The van der Waals surface area contributed by atoms with Crippen molar-refractivity contribution in [1.29, 1.82) is 0 Å². The van der Waals surface area contributed by atoms with Crippen molar-refractivity contribution in [3.8, 4) is 0 Å². The van der Waals surface area contributed by atoms with Gasteiger partial charge in [0, 0.05) is 33.4 Å². The molecule has 0 spiro atoms. The van der Waals surface area contributed by atoms with E-state index in [4.69, 9.17) is 4.74 Å². The van der Waals surface area contributed by atoms with Crippen LogP contribution in [0.3, 0.4) is 0 Å². The van der Waals surface area contributed by atoms with E-state index in [1.54, 1.807) is 25.2 Å². The number of hydrogen-bond acceptors (Lipinski definition) is 4. The molecule has 2 aromatic rings. The molecule has 1 amide bonds. The molecule has 28 heavy (non-hydrogen) atoms. The molecule has 8 heteroatoms. The highest BCUT2D eigenvalue weighted by atomic mass is 16.6. The first-order valence-electron chi connectivity index (χ1n) is 9.21. The Labute approximate surface area is 166 Å². The van der Waals surface area contributed by atoms with Crippen LogP contribution in [0.1, 0.15) is 37.6 Å². The van der Waals surface area contributed by atoms with Crippen LogP contribution >= 0.6 is 0 Å². The van der Waals surface area contributed by atoms with Crippen molar-refractivity contribution in [2.45, 2.75) is 46.0 Å². The van der Waals surface area contributed by atoms with Gasteiger partial charge >= 0.3 is 6.09 Å². The number of H-pyrrole nitrogens is 1. The number of aromatic amines is 1. The van der Waals surface area contributed by atoms with E-state index < -0.39 is 5.60 Å². The van der Waals surface area contributed by atoms with Crippen molar-refractivity contribution in [3.05, 3.63) is 53.3 Å². The normalized spacial score (nSPS) is 11.8. The molecule has 152 valence electrons. The molecule has 0 atom stereocenters. The Balaban J connectivity index is 1.80. The molecule has 0 aliphatic rings. The maximum absolute atomic E-state index is 12.1. The fourth-order valence-corrected chi connectivity index (χ4v) is 2.41. The van der Waals surface area contributed by atoms with Crippen molar-refractivity contribution in [3.63, 3.8) is 0 Å². The van der Waals surface area contributed by atoms with E-state index in [-0.39, 0.29) is 6.09 Å². The standard InChI is InChI=1S/C20H30N6O2/c1-20(2,3)28-19(27)26(5)14-16-8-6-15(7-9-16)12-22-18(21-4)23-13-17-10-11-24-25-17/h6-11H,12-14H2,1-5H3,(H,24,25)(H2,21,22,23). The predicted octanol–water partition coefficient (Wildman–Crippen LogP) is 2.64. The van der Waals surface area contributed by atoms with Crippen LogP contribution in [0.4, 0.5) is 4.79 Å². The van der Waals surface area contributed by atoms with Gasteiger partial charge in [-0.3, -0.25) is 10.1 Å². The average Bonchev–Trinajstić information content (AvgIpc) is 3.15. The van der Waals surface area contributed by atoms with Gasteiger partial charge in [-0.15, -0.1) is 0 Å². The quantitative estimate of drug-likeness (QED) is 0.524. The summed E-state index contributed by atoms with van der Waals surface area (Å²) >= 11 is 0. The first-order chi connectivity index (χ1) is 13.3. The zero-order valence-electron chi connectivity index (χ0n) is 17.2. The van der Waals surface area contributed by atoms with Gasteiger partial charge in [0.1, 0.15) is 5.60 Å². The van der Waals surface area contributed by atoms with E-state index in [1.807, 2.05) is 51.1 Å². The Hall–Kier alpha value is -3.03. The van der Waals surface area contributed by atoms with Crippen LogP contribution < -0.4 is 10.6 Å². The Kier molecular flexibility index (Phi) is 7.43. The minimum absolute atomic E-state index is 0.328. The van der Waals surface area contributed by atoms with Crippen LogP contribution in [0.5, 0.6) is 0 Å². The van der Waals surface area contributed by atoms with Crippen molar-refractivity contribution in [2.24, 2.45) is 4.99 Å². The lowest BCUT2D eigenvalue weighted by atomic mass is 10.1. The lowest BCUT2D eigenvalue weighted by Crippen LogP contribution is -2.36. The molecule has 1 aromatic heterocycles. The molecule has 1 heterocycles. The van der Waals surface area contributed by atoms with Crippen LogP contribution in [-0.4, -0.2) is 46.8 Å². The summed E-state index contributed by atoms with van der Waals surface area (Å²) < 4.78 is 5.37. The van der Waals surface area contributed by atoms with Crippen molar-refractivity contribution in [2.75, 3.05) is 14.1 Å². The molecule has 3 N–H and O–H groups in total. The first-order valence-corrected chi connectivity index (χ1v) is 9.21. The maximum Gasteiger partial charge on any atom is 0.410 e. The van der Waals surface area contributed by atoms with E-state index in [1.165, 1.54) is 0 Å². The second kappa shape index (κ2) is 9.77. The molecule has 0 radical (unpaired) electrons. The van der Waals surface area contributed by atoms with Crippen LogP contribution in [0.15, 0.2) is 41.5 Å². The van der Waals surface area contributed by atoms with E-state index in [9.17, 15) is 4.79 Å². The topological polar surface area (TPSA) is 94.6 Å². The van der Waals surface area contributed by atoms with Gasteiger partial charge in [0.15, 0.2) is 5.96 Å². The predicted molar refractivity (Wildman–Crippen MR) is 110 cm³/mol. The van der Waals surface area contributed by atoms with Gasteiger partial charge in [0.25, 0.3) is 0 Å². The molecule has 0 fully saturated rings. The SMILES string of the molecule is CN=C(NCc1ccc(CN(C)C(=O)OC(C)(C)C)cc1)NCc1ccn[nH]1. The summed E-state index contributed by atoms with van der Waals surface area (Å²) in [6, 6.07) is 10.0. The van der Waals surface area contributed by atoms with E-state index in [0.29, 0.717) is 25.6 Å². The van der Waals surface area contributed by atoms with Crippen LogP contribution in [0, 0.1) is 0 Å². The second-order valence-electron chi connectivity index (χ2n) is 7.51. The number of guanidine groups is 1. The highest BCUT2D eigenvalue weighted by Gasteiger charge is 2.19. The van der Waals surface area contributed by atoms with Gasteiger partial charge in [0.2, 0.25) is 0 Å². The van der Waals surface area contributed by atoms with Crippen molar-refractivity contribution in [1.82, 2.24) is 25.7 Å². The number of nitrogens with zero attached hydrogens (tertiary/aromatic N) is 3. The molecule has 8 nitrogen and oxygen atoms in total. The zero-order valence-corrected chi connectivity index (χ0v) is 17.2. The third-order valence-corrected chi connectivity index (χ3v) is 3.84. The number of carbonyl (C=O) groups excluding carboxylic acids is 1. The van der Waals surface area contributed by atoms with Gasteiger partial charge < -0.3 is 20.3 Å². The number of carbonyl (C=O) groups is 1. The molecule has 0 unspecified atom stereocenters. The Morgan fingerprint density at radius 1 is 1.14 bits per heavy atom. The molecule has 0 bridgehead atoms. The number of amides is 1. The van der Waals surface area contributed by atoms with Gasteiger partial charge in [0.05, 0.1) is 12.2 Å². The number of aromatic nitrogens is 2. The molecular weight excluding hydrogens is 356 g/mol. The maximum atomic E-state index is 12.1. The Morgan fingerprint density at radius 2 is 1.79 bits per heavy atom. The molecule has 0 aliphatic heterocycles. The molecule has 0 aliphatic carbocycles. The Morgan fingerprint density at radius 3 is 2.36 bits per heavy atom. The molecule has 0 saturated carbocycles. The summed E-state index contributed by atoms with van der Waals surface area (Å²) in [5, 5.41) is 13.3.